The van der Waals surface area contributed by atoms with Gasteiger partial charge in [-0.3, -0.25) is 9.59 Å². The molecule has 1 saturated carbocycles. The summed E-state index contributed by atoms with van der Waals surface area (Å²) >= 11 is 0. The number of hydrogen-bond donors (Lipinski definition) is 1. The fourth-order valence-corrected chi connectivity index (χ4v) is 4.01. The van der Waals surface area contributed by atoms with E-state index in [-0.39, 0.29) is 22.8 Å². The summed E-state index contributed by atoms with van der Waals surface area (Å²) in [7, 11) is 1.70. The van der Waals surface area contributed by atoms with E-state index < -0.39 is 0 Å². The van der Waals surface area contributed by atoms with Crippen LogP contribution < -0.4 is 10.9 Å². The Balaban J connectivity index is 1.57. The van der Waals surface area contributed by atoms with Gasteiger partial charge in [0.15, 0.2) is 0 Å². The standard InChI is InChI=1S/C19H20N2O2/c1-12-9-17(22)21(2)11-16(12)20-18(23)15-10-19(15)8-7-13-5-3-4-6-14(13)19/h3-6,9,11,15H,7-8,10H2,1-2H3,(H,20,23). The number of hydrogen-bond acceptors (Lipinski definition) is 2. The van der Waals surface area contributed by atoms with Crippen molar-refractivity contribution in [2.45, 2.75) is 31.6 Å². The molecule has 0 bridgehead atoms. The van der Waals surface area contributed by atoms with Crippen LogP contribution in [-0.4, -0.2) is 10.5 Å². The van der Waals surface area contributed by atoms with Gasteiger partial charge in [0.25, 0.3) is 5.56 Å². The predicted molar refractivity (Wildman–Crippen MR) is 89.6 cm³/mol. The molecule has 2 unspecified atom stereocenters. The predicted octanol–water partition coefficient (Wildman–Crippen LogP) is 2.54. The van der Waals surface area contributed by atoms with Crippen molar-refractivity contribution in [1.82, 2.24) is 4.57 Å². The minimum atomic E-state index is -0.0619. The first-order valence-electron chi connectivity index (χ1n) is 8.08. The molecule has 4 heteroatoms. The molecule has 23 heavy (non-hydrogen) atoms. The molecule has 0 radical (unpaired) electrons. The van der Waals surface area contributed by atoms with E-state index in [4.69, 9.17) is 0 Å². The van der Waals surface area contributed by atoms with Crippen molar-refractivity contribution >= 4 is 11.6 Å². The third-order valence-electron chi connectivity index (χ3n) is 5.48. The van der Waals surface area contributed by atoms with Crippen molar-refractivity contribution in [2.24, 2.45) is 13.0 Å². The van der Waals surface area contributed by atoms with Crippen LogP contribution >= 0.6 is 0 Å². The number of pyridine rings is 1. The second kappa shape index (κ2) is 4.82. The van der Waals surface area contributed by atoms with Crippen molar-refractivity contribution < 1.29 is 4.79 Å². The van der Waals surface area contributed by atoms with Crippen LogP contribution in [0.15, 0.2) is 41.3 Å². The number of rotatable bonds is 2. The third kappa shape index (κ3) is 2.12. The quantitative estimate of drug-likeness (QED) is 0.927. The molecular formula is C19H20N2O2. The van der Waals surface area contributed by atoms with Gasteiger partial charge in [-0.15, -0.1) is 0 Å². The lowest BCUT2D eigenvalue weighted by Gasteiger charge is -2.13. The van der Waals surface area contributed by atoms with Gasteiger partial charge in [-0.05, 0) is 42.9 Å². The van der Waals surface area contributed by atoms with Gasteiger partial charge >= 0.3 is 0 Å². The maximum Gasteiger partial charge on any atom is 0.250 e. The number of benzene rings is 1. The zero-order valence-electron chi connectivity index (χ0n) is 13.4. The van der Waals surface area contributed by atoms with E-state index in [9.17, 15) is 9.59 Å². The highest BCUT2D eigenvalue weighted by Crippen LogP contribution is 2.61. The van der Waals surface area contributed by atoms with Gasteiger partial charge in [0.05, 0.1) is 5.69 Å². The van der Waals surface area contributed by atoms with Crippen molar-refractivity contribution in [3.63, 3.8) is 0 Å². The minimum absolute atomic E-state index is 0.0442. The monoisotopic (exact) mass is 308 g/mol. The average molecular weight is 308 g/mol. The maximum atomic E-state index is 12.7. The molecule has 1 N–H and O–H groups in total. The summed E-state index contributed by atoms with van der Waals surface area (Å²) in [4.78, 5) is 24.3. The van der Waals surface area contributed by atoms with Gasteiger partial charge in [0, 0.05) is 30.6 Å². The van der Waals surface area contributed by atoms with Crippen LogP contribution in [0.25, 0.3) is 0 Å². The summed E-state index contributed by atoms with van der Waals surface area (Å²) in [5.74, 6) is 0.117. The van der Waals surface area contributed by atoms with Crippen LogP contribution in [0.2, 0.25) is 0 Å². The fraction of sp³-hybridized carbons (Fsp3) is 0.368. The molecule has 2 aliphatic rings. The lowest BCUT2D eigenvalue weighted by molar-refractivity contribution is -0.117. The highest BCUT2D eigenvalue weighted by Gasteiger charge is 2.61. The molecule has 1 heterocycles. The van der Waals surface area contributed by atoms with Crippen LogP contribution in [0.3, 0.4) is 0 Å². The van der Waals surface area contributed by atoms with Gasteiger partial charge < -0.3 is 9.88 Å². The van der Waals surface area contributed by atoms with Gasteiger partial charge in [-0.25, -0.2) is 0 Å². The van der Waals surface area contributed by atoms with Crippen LogP contribution in [0.4, 0.5) is 5.69 Å². The van der Waals surface area contributed by atoms with Crippen molar-refractivity contribution in [3.8, 4) is 0 Å². The van der Waals surface area contributed by atoms with Gasteiger partial charge in [-0.2, -0.15) is 0 Å². The molecule has 1 fully saturated rings. The lowest BCUT2D eigenvalue weighted by atomic mass is 9.95. The molecule has 2 aliphatic carbocycles. The molecule has 0 saturated heterocycles. The number of nitrogens with one attached hydrogen (secondary N) is 1. The van der Waals surface area contributed by atoms with E-state index in [1.54, 1.807) is 19.3 Å². The van der Waals surface area contributed by atoms with Gasteiger partial charge in [-0.1, -0.05) is 24.3 Å². The van der Waals surface area contributed by atoms with Crippen LogP contribution in [0.5, 0.6) is 0 Å². The molecule has 118 valence electrons. The molecule has 2 atom stereocenters. The van der Waals surface area contributed by atoms with Crippen molar-refractivity contribution in [2.75, 3.05) is 5.32 Å². The fourth-order valence-electron chi connectivity index (χ4n) is 4.01. The van der Waals surface area contributed by atoms with E-state index in [1.165, 1.54) is 15.7 Å². The van der Waals surface area contributed by atoms with Crippen molar-refractivity contribution in [3.05, 3.63) is 63.6 Å². The zero-order chi connectivity index (χ0) is 16.2. The second-order valence-corrected chi connectivity index (χ2v) is 6.88. The summed E-state index contributed by atoms with van der Waals surface area (Å²) in [5, 5.41) is 3.02. The Morgan fingerprint density at radius 3 is 2.96 bits per heavy atom. The highest BCUT2D eigenvalue weighted by atomic mass is 16.2. The van der Waals surface area contributed by atoms with Crippen LogP contribution in [0, 0.1) is 12.8 Å². The lowest BCUT2D eigenvalue weighted by Crippen LogP contribution is -2.23. The van der Waals surface area contributed by atoms with Crippen molar-refractivity contribution in [1.29, 1.82) is 0 Å². The first-order valence-corrected chi connectivity index (χ1v) is 8.08. The summed E-state index contributed by atoms with van der Waals surface area (Å²) in [6, 6.07) is 10.0. The first-order chi connectivity index (χ1) is 11.0. The Bertz CT molecular complexity index is 868. The number of amides is 1. The number of carbonyl (C=O) groups excluding carboxylic acids is 1. The third-order valence-corrected chi connectivity index (χ3v) is 5.48. The Morgan fingerprint density at radius 2 is 2.13 bits per heavy atom. The Kier molecular flexibility index (Phi) is 2.98. The Labute approximate surface area is 135 Å². The van der Waals surface area contributed by atoms with E-state index in [0.717, 1.165) is 30.5 Å². The Morgan fingerprint density at radius 1 is 1.35 bits per heavy atom. The maximum absolute atomic E-state index is 12.7. The summed E-state index contributed by atoms with van der Waals surface area (Å²) in [6.07, 6.45) is 4.77. The number of aryl methyl sites for hydroxylation is 3. The smallest absolute Gasteiger partial charge is 0.250 e. The topological polar surface area (TPSA) is 51.1 Å². The second-order valence-electron chi connectivity index (χ2n) is 6.88. The summed E-state index contributed by atoms with van der Waals surface area (Å²) in [6.45, 7) is 1.85. The van der Waals surface area contributed by atoms with Gasteiger partial charge in [0.1, 0.15) is 0 Å². The molecule has 1 aromatic heterocycles. The number of nitrogens with zero attached hydrogens (tertiary/aromatic N) is 1. The normalized spacial score (nSPS) is 24.5. The summed E-state index contributed by atoms with van der Waals surface area (Å²) < 4.78 is 1.50. The number of fused-ring (bicyclic) bond motifs is 2. The SMILES string of the molecule is Cc1cc(=O)n(C)cc1NC(=O)C1CC12CCc1ccccc12. The molecule has 1 spiro atoms. The van der Waals surface area contributed by atoms with E-state index in [2.05, 4.69) is 29.6 Å². The largest absolute Gasteiger partial charge is 0.324 e. The average Bonchev–Trinajstić information content (AvgIpc) is 3.15. The number of aromatic nitrogens is 1. The molecule has 2 aromatic rings. The van der Waals surface area contributed by atoms with Crippen LogP contribution in [-0.2, 0) is 23.7 Å². The molecule has 0 aliphatic heterocycles. The van der Waals surface area contributed by atoms with E-state index in [0.29, 0.717) is 0 Å². The minimum Gasteiger partial charge on any atom is -0.324 e. The summed E-state index contributed by atoms with van der Waals surface area (Å²) in [5.41, 5.74) is 4.27. The van der Waals surface area contributed by atoms with Crippen LogP contribution in [0.1, 0.15) is 29.5 Å². The Hall–Kier alpha value is -2.36. The molecule has 1 aromatic carbocycles. The van der Waals surface area contributed by atoms with Gasteiger partial charge in [0.2, 0.25) is 5.91 Å². The number of carbonyl (C=O) groups is 1. The van der Waals surface area contributed by atoms with E-state index >= 15 is 0 Å². The molecule has 4 rings (SSSR count). The first kappa shape index (κ1) is 14.2. The highest BCUT2D eigenvalue weighted by molar-refractivity contribution is 5.96. The molecule has 4 nitrogen and oxygen atoms in total. The number of anilines is 1. The zero-order valence-corrected chi connectivity index (χ0v) is 13.4. The molecular weight excluding hydrogens is 288 g/mol. The van der Waals surface area contributed by atoms with E-state index in [1.807, 2.05) is 6.92 Å². The molecule has 1 amide bonds.